The molecular weight excluding hydrogens is 374 g/mol. The number of fused-ring (bicyclic) bond motifs is 1. The first-order chi connectivity index (χ1) is 14.2. The molecule has 0 aliphatic rings. The van der Waals surface area contributed by atoms with Crippen LogP contribution in [0, 0.1) is 0 Å². The van der Waals surface area contributed by atoms with Crippen molar-refractivity contribution in [1.29, 1.82) is 0 Å². The predicted molar refractivity (Wildman–Crippen MR) is 104 cm³/mol. The lowest BCUT2D eigenvalue weighted by atomic mass is 10.2. The zero-order valence-corrected chi connectivity index (χ0v) is 15.7. The molecule has 0 aliphatic carbocycles. The lowest BCUT2D eigenvalue weighted by Gasteiger charge is -2.09. The monoisotopic (exact) mass is 393 g/mol. The highest BCUT2D eigenvalue weighted by atomic mass is 16.5. The van der Waals surface area contributed by atoms with Crippen LogP contribution in [0.1, 0.15) is 6.92 Å². The summed E-state index contributed by atoms with van der Waals surface area (Å²) in [4.78, 5) is 28.9. The Labute approximate surface area is 165 Å². The van der Waals surface area contributed by atoms with Crippen LogP contribution in [-0.2, 0) is 6.54 Å². The van der Waals surface area contributed by atoms with Crippen molar-refractivity contribution in [2.45, 2.75) is 13.5 Å². The van der Waals surface area contributed by atoms with Crippen LogP contribution in [0.3, 0.4) is 0 Å². The first kappa shape index (κ1) is 18.3. The summed E-state index contributed by atoms with van der Waals surface area (Å²) >= 11 is 0. The molecule has 148 valence electrons. The Bertz CT molecular complexity index is 1090. The Morgan fingerprint density at radius 1 is 1.28 bits per heavy atom. The quantitative estimate of drug-likeness (QED) is 0.489. The molecular formula is C18H19N9O2. The van der Waals surface area contributed by atoms with E-state index in [2.05, 4.69) is 35.7 Å². The molecule has 29 heavy (non-hydrogen) atoms. The first-order valence-electron chi connectivity index (χ1n) is 9.03. The van der Waals surface area contributed by atoms with Gasteiger partial charge in [0.25, 0.3) is 0 Å². The van der Waals surface area contributed by atoms with E-state index in [1.165, 1.54) is 6.33 Å². The van der Waals surface area contributed by atoms with Crippen molar-refractivity contribution in [3.63, 3.8) is 0 Å². The standard InChI is InChI=1S/C18H19N9O2/c1-2-21-17(28)25-15-10-27-16(24-15)8-14(13-4-3-5-19-9-13)23-18(27)29-7-6-26-12-20-11-22-26/h3-5,8-12H,2,6-7H2,1H3,(H2,21,25,28). The molecule has 0 aliphatic heterocycles. The fourth-order valence-corrected chi connectivity index (χ4v) is 2.68. The summed E-state index contributed by atoms with van der Waals surface area (Å²) in [6, 6.07) is 5.56. The number of carbonyl (C=O) groups is 1. The molecule has 0 radical (unpaired) electrons. The largest absolute Gasteiger partial charge is 0.462 e. The van der Waals surface area contributed by atoms with Gasteiger partial charge in [0.1, 0.15) is 24.9 Å². The van der Waals surface area contributed by atoms with Gasteiger partial charge < -0.3 is 10.1 Å². The second-order valence-corrected chi connectivity index (χ2v) is 6.01. The van der Waals surface area contributed by atoms with E-state index in [1.807, 2.05) is 25.1 Å². The van der Waals surface area contributed by atoms with E-state index >= 15 is 0 Å². The number of nitrogens with one attached hydrogen (secondary N) is 2. The fourth-order valence-electron chi connectivity index (χ4n) is 2.68. The number of anilines is 1. The second kappa shape index (κ2) is 8.33. The highest BCUT2D eigenvalue weighted by Crippen LogP contribution is 2.23. The summed E-state index contributed by atoms with van der Waals surface area (Å²) < 4.78 is 9.24. The third-order valence-corrected chi connectivity index (χ3v) is 3.98. The molecule has 4 rings (SSSR count). The van der Waals surface area contributed by atoms with Crippen LogP contribution >= 0.6 is 0 Å². The van der Waals surface area contributed by atoms with Crippen LogP contribution in [-0.4, -0.2) is 53.3 Å². The van der Waals surface area contributed by atoms with Gasteiger partial charge in [-0.25, -0.2) is 19.4 Å². The Morgan fingerprint density at radius 2 is 2.21 bits per heavy atom. The van der Waals surface area contributed by atoms with Crippen molar-refractivity contribution in [2.75, 3.05) is 18.5 Å². The highest BCUT2D eigenvalue weighted by molar-refractivity contribution is 5.88. The zero-order chi connectivity index (χ0) is 20.1. The van der Waals surface area contributed by atoms with Gasteiger partial charge in [0.05, 0.1) is 18.4 Å². The Hall–Kier alpha value is -4.02. The number of hydrogen-bond acceptors (Lipinski definition) is 7. The van der Waals surface area contributed by atoms with Crippen molar-refractivity contribution in [1.82, 2.24) is 39.4 Å². The van der Waals surface area contributed by atoms with Crippen LogP contribution < -0.4 is 15.4 Å². The average molecular weight is 393 g/mol. The van der Waals surface area contributed by atoms with E-state index in [0.29, 0.717) is 42.9 Å². The van der Waals surface area contributed by atoms with Gasteiger partial charge in [0.2, 0.25) is 0 Å². The molecule has 0 saturated carbocycles. The normalized spacial score (nSPS) is 10.8. The van der Waals surface area contributed by atoms with E-state index in [4.69, 9.17) is 4.74 Å². The van der Waals surface area contributed by atoms with Gasteiger partial charge in [-0.2, -0.15) is 10.1 Å². The highest BCUT2D eigenvalue weighted by Gasteiger charge is 2.13. The summed E-state index contributed by atoms with van der Waals surface area (Å²) in [7, 11) is 0. The van der Waals surface area contributed by atoms with Crippen molar-refractivity contribution in [3.05, 3.63) is 49.4 Å². The molecule has 11 heteroatoms. The molecule has 11 nitrogen and oxygen atoms in total. The van der Waals surface area contributed by atoms with Gasteiger partial charge in [0, 0.05) is 30.6 Å². The molecule has 4 aromatic heterocycles. The number of pyridine rings is 1. The predicted octanol–water partition coefficient (Wildman–Crippen LogP) is 1.60. The summed E-state index contributed by atoms with van der Waals surface area (Å²) in [5.74, 6) is 0.391. The fraction of sp³-hybridized carbons (Fsp3) is 0.222. The minimum absolute atomic E-state index is 0.329. The van der Waals surface area contributed by atoms with Crippen molar-refractivity contribution >= 4 is 17.5 Å². The molecule has 4 heterocycles. The number of carbonyl (C=O) groups excluding carboxylic acids is 1. The lowest BCUT2D eigenvalue weighted by molar-refractivity contribution is 0.252. The number of urea groups is 1. The van der Waals surface area contributed by atoms with Crippen LogP contribution in [0.25, 0.3) is 16.9 Å². The maximum absolute atomic E-state index is 11.8. The molecule has 0 fully saturated rings. The van der Waals surface area contributed by atoms with E-state index in [1.54, 1.807) is 34.0 Å². The number of aromatic nitrogens is 7. The van der Waals surface area contributed by atoms with Crippen LogP contribution in [0.15, 0.2) is 49.4 Å². The third-order valence-electron chi connectivity index (χ3n) is 3.98. The number of imidazole rings is 1. The van der Waals surface area contributed by atoms with Gasteiger partial charge >= 0.3 is 12.0 Å². The van der Waals surface area contributed by atoms with E-state index in [-0.39, 0.29) is 6.03 Å². The van der Waals surface area contributed by atoms with E-state index < -0.39 is 0 Å². The SMILES string of the molecule is CCNC(=O)Nc1cn2c(OCCn3cncn3)nc(-c3cccnc3)cc2n1. The van der Waals surface area contributed by atoms with Crippen LogP contribution in [0.5, 0.6) is 6.01 Å². The molecule has 0 saturated heterocycles. The summed E-state index contributed by atoms with van der Waals surface area (Å²) in [6.07, 6.45) is 8.16. The number of hydrogen-bond donors (Lipinski definition) is 2. The minimum Gasteiger partial charge on any atom is -0.462 e. The Morgan fingerprint density at radius 3 is 2.97 bits per heavy atom. The maximum atomic E-state index is 11.8. The Balaban J connectivity index is 1.65. The molecule has 0 spiro atoms. The van der Waals surface area contributed by atoms with Gasteiger partial charge in [0.15, 0.2) is 5.82 Å². The lowest BCUT2D eigenvalue weighted by Crippen LogP contribution is -2.28. The minimum atomic E-state index is -0.329. The number of nitrogens with zero attached hydrogens (tertiary/aromatic N) is 7. The third kappa shape index (κ3) is 4.29. The number of amides is 2. The van der Waals surface area contributed by atoms with Gasteiger partial charge in [-0.3, -0.25) is 14.7 Å². The van der Waals surface area contributed by atoms with Crippen molar-refractivity contribution < 1.29 is 9.53 Å². The second-order valence-electron chi connectivity index (χ2n) is 6.01. The number of rotatable bonds is 7. The van der Waals surface area contributed by atoms with E-state index in [0.717, 1.165) is 5.56 Å². The van der Waals surface area contributed by atoms with Crippen molar-refractivity contribution in [3.8, 4) is 17.3 Å². The van der Waals surface area contributed by atoms with Crippen LogP contribution in [0.4, 0.5) is 10.6 Å². The molecule has 0 aromatic carbocycles. The molecule has 0 bridgehead atoms. The van der Waals surface area contributed by atoms with E-state index in [9.17, 15) is 4.79 Å². The van der Waals surface area contributed by atoms with Gasteiger partial charge in [-0.05, 0) is 19.1 Å². The summed E-state index contributed by atoms with van der Waals surface area (Å²) in [6.45, 7) is 3.20. The maximum Gasteiger partial charge on any atom is 0.320 e. The van der Waals surface area contributed by atoms with Gasteiger partial charge in [-0.15, -0.1) is 0 Å². The summed E-state index contributed by atoms with van der Waals surface area (Å²) in [5, 5.41) is 9.42. The molecule has 2 N–H and O–H groups in total. The first-order valence-corrected chi connectivity index (χ1v) is 9.03. The molecule has 0 atom stereocenters. The van der Waals surface area contributed by atoms with Gasteiger partial charge in [-0.1, -0.05) is 0 Å². The molecule has 4 aromatic rings. The zero-order valence-electron chi connectivity index (χ0n) is 15.7. The number of ether oxygens (including phenoxy) is 1. The molecule has 0 unspecified atom stereocenters. The van der Waals surface area contributed by atoms with Crippen LogP contribution in [0.2, 0.25) is 0 Å². The average Bonchev–Trinajstić information content (AvgIpc) is 3.38. The summed E-state index contributed by atoms with van der Waals surface area (Å²) in [5.41, 5.74) is 2.08. The van der Waals surface area contributed by atoms with Crippen molar-refractivity contribution in [2.24, 2.45) is 0 Å². The molecule has 2 amide bonds. The Kier molecular flexibility index (Phi) is 5.27. The smallest absolute Gasteiger partial charge is 0.320 e. The topological polar surface area (TPSA) is 124 Å².